The summed E-state index contributed by atoms with van der Waals surface area (Å²) >= 11 is 6.22. The molecule has 0 atom stereocenters. The van der Waals surface area contributed by atoms with E-state index < -0.39 is 5.97 Å². The van der Waals surface area contributed by atoms with E-state index in [0.717, 1.165) is 27.7 Å². The smallest absolute Gasteiger partial charge is 0.337 e. The minimum Gasteiger partial charge on any atom is -0.478 e. The lowest BCUT2D eigenvalue weighted by molar-refractivity contribution is 0.0696. The summed E-state index contributed by atoms with van der Waals surface area (Å²) in [7, 11) is 0. The first kappa shape index (κ1) is 14.4. The van der Waals surface area contributed by atoms with E-state index >= 15 is 0 Å². The molecule has 0 bridgehead atoms. The van der Waals surface area contributed by atoms with Crippen molar-refractivity contribution in [1.82, 2.24) is 9.97 Å². The van der Waals surface area contributed by atoms with E-state index in [0.29, 0.717) is 10.7 Å². The number of nitrogens with one attached hydrogen (secondary N) is 1. The van der Waals surface area contributed by atoms with Crippen LogP contribution in [0, 0.1) is 0 Å². The van der Waals surface area contributed by atoms with Crippen LogP contribution in [0.25, 0.3) is 27.7 Å². The molecule has 0 saturated carbocycles. The number of hydrogen-bond acceptors (Lipinski definition) is 2. The summed E-state index contributed by atoms with van der Waals surface area (Å²) < 4.78 is 0. The average Bonchev–Trinajstić information content (AvgIpc) is 2.91. The van der Waals surface area contributed by atoms with Gasteiger partial charge in [-0.25, -0.2) is 4.79 Å². The summed E-state index contributed by atoms with van der Waals surface area (Å²) in [5.74, 6) is -1.05. The van der Waals surface area contributed by atoms with Crippen molar-refractivity contribution in [2.75, 3.05) is 0 Å². The molecule has 22 heavy (non-hydrogen) atoms. The molecule has 0 amide bonds. The van der Waals surface area contributed by atoms with Gasteiger partial charge in [0.2, 0.25) is 0 Å². The number of aromatic amines is 1. The van der Waals surface area contributed by atoms with Crippen LogP contribution < -0.4 is 0 Å². The molecule has 0 spiro atoms. The summed E-state index contributed by atoms with van der Waals surface area (Å²) in [6, 6.07) is 9.19. The number of carboxylic acids is 1. The molecular formula is C17H13ClN2O2. The van der Waals surface area contributed by atoms with Crippen molar-refractivity contribution in [1.29, 1.82) is 0 Å². The van der Waals surface area contributed by atoms with Gasteiger partial charge in [-0.15, -0.1) is 0 Å². The molecule has 3 aromatic rings. The van der Waals surface area contributed by atoms with Gasteiger partial charge in [-0.2, -0.15) is 0 Å². The number of aromatic carboxylic acids is 1. The lowest BCUT2D eigenvalue weighted by Crippen LogP contribution is -1.98. The van der Waals surface area contributed by atoms with Crippen molar-refractivity contribution in [3.05, 3.63) is 59.4 Å². The largest absolute Gasteiger partial charge is 0.478 e. The fraction of sp³-hybridized carbons (Fsp3) is 0.0588. The number of pyridine rings is 1. The summed E-state index contributed by atoms with van der Waals surface area (Å²) in [5, 5.41) is 10.3. The Bertz CT molecular complexity index is 912. The van der Waals surface area contributed by atoms with E-state index in [1.165, 1.54) is 12.3 Å². The highest BCUT2D eigenvalue weighted by molar-refractivity contribution is 6.33. The first-order valence-electron chi connectivity index (χ1n) is 6.64. The summed E-state index contributed by atoms with van der Waals surface area (Å²) in [4.78, 5) is 18.5. The van der Waals surface area contributed by atoms with E-state index in [4.69, 9.17) is 16.7 Å². The molecule has 1 aromatic carbocycles. The number of carbonyl (C=O) groups is 1. The maximum atomic E-state index is 11.0. The molecule has 0 aliphatic rings. The van der Waals surface area contributed by atoms with Crippen molar-refractivity contribution >= 4 is 34.0 Å². The molecule has 5 heteroatoms. The third-order valence-electron chi connectivity index (χ3n) is 3.47. The second kappa shape index (κ2) is 5.31. The number of aromatic nitrogens is 2. The lowest BCUT2D eigenvalue weighted by atomic mass is 10.1. The summed E-state index contributed by atoms with van der Waals surface area (Å²) in [6.07, 6.45) is 1.31. The Kier molecular flexibility index (Phi) is 3.47. The lowest BCUT2D eigenvalue weighted by Gasteiger charge is -2.06. The number of fused-ring (bicyclic) bond motifs is 1. The molecule has 0 unspecified atom stereocenters. The van der Waals surface area contributed by atoms with Crippen LogP contribution in [0.1, 0.15) is 23.0 Å². The van der Waals surface area contributed by atoms with Gasteiger partial charge in [0.15, 0.2) is 0 Å². The quantitative estimate of drug-likeness (QED) is 0.742. The van der Waals surface area contributed by atoms with Crippen LogP contribution in [-0.2, 0) is 0 Å². The van der Waals surface area contributed by atoms with Gasteiger partial charge in [-0.05, 0) is 30.7 Å². The van der Waals surface area contributed by atoms with Crippen LogP contribution in [0.5, 0.6) is 0 Å². The number of halogens is 1. The van der Waals surface area contributed by atoms with Gasteiger partial charge < -0.3 is 10.1 Å². The van der Waals surface area contributed by atoms with Gasteiger partial charge in [-0.3, -0.25) is 4.98 Å². The first-order valence-corrected chi connectivity index (χ1v) is 7.02. The van der Waals surface area contributed by atoms with Gasteiger partial charge in [0.25, 0.3) is 0 Å². The molecule has 110 valence electrons. The molecule has 3 rings (SSSR count). The SMILES string of the molecule is C=C(C)c1cc2c(-c3ncc(C(=O)O)cc3Cl)cccc2[nH]1. The van der Waals surface area contributed by atoms with Crippen molar-refractivity contribution in [3.63, 3.8) is 0 Å². The Hall–Kier alpha value is -2.59. The minimum absolute atomic E-state index is 0.0672. The summed E-state index contributed by atoms with van der Waals surface area (Å²) in [5.41, 5.74) is 4.31. The van der Waals surface area contributed by atoms with Gasteiger partial charge in [0.1, 0.15) is 0 Å². The monoisotopic (exact) mass is 312 g/mol. The Labute approximate surface area is 132 Å². The Balaban J connectivity index is 2.22. The number of H-pyrrole nitrogens is 1. The highest BCUT2D eigenvalue weighted by Crippen LogP contribution is 2.33. The third-order valence-corrected chi connectivity index (χ3v) is 3.76. The molecule has 0 aliphatic carbocycles. The maximum Gasteiger partial charge on any atom is 0.337 e. The zero-order chi connectivity index (χ0) is 15.9. The van der Waals surface area contributed by atoms with Crippen LogP contribution in [0.4, 0.5) is 0 Å². The molecule has 0 aliphatic heterocycles. The zero-order valence-electron chi connectivity index (χ0n) is 11.9. The maximum absolute atomic E-state index is 11.0. The normalized spacial score (nSPS) is 10.8. The number of nitrogens with zero attached hydrogens (tertiary/aromatic N) is 1. The Morgan fingerprint density at radius 1 is 1.36 bits per heavy atom. The van der Waals surface area contributed by atoms with Crippen LogP contribution in [0.2, 0.25) is 5.02 Å². The van der Waals surface area contributed by atoms with Gasteiger partial charge in [0.05, 0.1) is 16.3 Å². The van der Waals surface area contributed by atoms with Crippen molar-refractivity contribution in [2.24, 2.45) is 0 Å². The number of rotatable bonds is 3. The number of hydrogen-bond donors (Lipinski definition) is 2. The highest BCUT2D eigenvalue weighted by atomic mass is 35.5. The van der Waals surface area contributed by atoms with E-state index in [9.17, 15) is 4.79 Å². The van der Waals surface area contributed by atoms with Gasteiger partial charge in [0, 0.05) is 28.4 Å². The molecule has 4 nitrogen and oxygen atoms in total. The van der Waals surface area contributed by atoms with Crippen molar-refractivity contribution in [2.45, 2.75) is 6.92 Å². The number of allylic oxidation sites excluding steroid dienone is 1. The Morgan fingerprint density at radius 2 is 2.14 bits per heavy atom. The second-order valence-corrected chi connectivity index (χ2v) is 5.50. The van der Waals surface area contributed by atoms with E-state index in [1.54, 1.807) is 0 Å². The van der Waals surface area contributed by atoms with Crippen LogP contribution in [-0.4, -0.2) is 21.0 Å². The van der Waals surface area contributed by atoms with Crippen LogP contribution >= 0.6 is 11.6 Å². The fourth-order valence-corrected chi connectivity index (χ4v) is 2.61. The molecular weight excluding hydrogens is 300 g/mol. The molecule has 0 fully saturated rings. The number of carboxylic acid groups (broad SMARTS) is 1. The second-order valence-electron chi connectivity index (χ2n) is 5.09. The van der Waals surface area contributed by atoms with Gasteiger partial charge >= 0.3 is 5.97 Å². The highest BCUT2D eigenvalue weighted by Gasteiger charge is 2.14. The fourth-order valence-electron chi connectivity index (χ4n) is 2.34. The predicted molar refractivity (Wildman–Crippen MR) is 88.2 cm³/mol. The molecule has 2 N–H and O–H groups in total. The minimum atomic E-state index is -1.05. The standard InChI is InChI=1S/C17H13ClN2O2/c1-9(2)15-7-12-11(4-3-5-14(12)20-15)16-13(18)6-10(8-19-16)17(21)22/h3-8,20H,1H2,2H3,(H,21,22). The number of benzene rings is 1. The van der Waals surface area contributed by atoms with Crippen LogP contribution in [0.3, 0.4) is 0 Å². The molecule has 0 saturated heterocycles. The average molecular weight is 313 g/mol. The first-order chi connectivity index (χ1) is 10.5. The van der Waals surface area contributed by atoms with E-state index in [-0.39, 0.29) is 5.56 Å². The van der Waals surface area contributed by atoms with Crippen molar-refractivity contribution in [3.8, 4) is 11.3 Å². The molecule has 0 radical (unpaired) electrons. The Morgan fingerprint density at radius 3 is 2.77 bits per heavy atom. The summed E-state index contributed by atoms with van der Waals surface area (Å²) in [6.45, 7) is 5.86. The predicted octanol–water partition coefficient (Wildman–Crippen LogP) is 4.61. The zero-order valence-corrected chi connectivity index (χ0v) is 12.6. The van der Waals surface area contributed by atoms with Crippen molar-refractivity contribution < 1.29 is 9.90 Å². The van der Waals surface area contributed by atoms with Gasteiger partial charge in [-0.1, -0.05) is 30.3 Å². The topological polar surface area (TPSA) is 66.0 Å². The van der Waals surface area contributed by atoms with E-state index in [1.807, 2.05) is 31.2 Å². The van der Waals surface area contributed by atoms with Crippen LogP contribution in [0.15, 0.2) is 43.1 Å². The molecule has 2 heterocycles. The third kappa shape index (κ3) is 2.38. The molecule has 2 aromatic heterocycles. The van der Waals surface area contributed by atoms with E-state index in [2.05, 4.69) is 16.5 Å².